The number of para-hydroxylation sites is 1. The summed E-state index contributed by atoms with van der Waals surface area (Å²) in [6.45, 7) is 0. The minimum atomic E-state index is -1.13. The van der Waals surface area contributed by atoms with Gasteiger partial charge in [-0.25, -0.2) is 5.01 Å². The summed E-state index contributed by atoms with van der Waals surface area (Å²) in [6.07, 6.45) is 0. The van der Waals surface area contributed by atoms with Gasteiger partial charge in [0.1, 0.15) is 0 Å². The van der Waals surface area contributed by atoms with E-state index >= 15 is 0 Å². The lowest BCUT2D eigenvalue weighted by Crippen LogP contribution is -2.50. The largest absolute Gasteiger partial charge is 0.323 e. The number of amides is 1. The van der Waals surface area contributed by atoms with Gasteiger partial charge in [-0.3, -0.25) is 4.79 Å². The van der Waals surface area contributed by atoms with Gasteiger partial charge in [-0.15, -0.1) is 0 Å². The van der Waals surface area contributed by atoms with Crippen molar-refractivity contribution in [2.45, 2.75) is 11.5 Å². The van der Waals surface area contributed by atoms with Gasteiger partial charge in [-0.05, 0) is 53.6 Å². The van der Waals surface area contributed by atoms with E-state index in [0.717, 1.165) is 38.2 Å². The van der Waals surface area contributed by atoms with Crippen molar-refractivity contribution in [2.75, 3.05) is 10.3 Å². The topological polar surface area (TPSA) is 44.7 Å². The highest BCUT2D eigenvalue weighted by molar-refractivity contribution is 9.10. The monoisotopic (exact) mass is 527 g/mol. The second-order valence-electron chi connectivity index (χ2n) is 8.40. The standard InChI is InChI=1S/C28H19BrClN3O/c29-20-14-15-24-23(17-20)28(27(34)31-24)25(19-10-7-11-21(30)16-19)26(18-8-3-1-4-9-18)32-33(28)22-12-5-2-6-13-22/h1-17,25H,(H,31,34)/t25-,28-/m0/s1. The predicted octanol–water partition coefficient (Wildman–Crippen LogP) is 6.96. The van der Waals surface area contributed by atoms with Gasteiger partial charge in [0.05, 0.1) is 17.3 Å². The number of carbonyl (C=O) groups is 1. The molecular weight excluding hydrogens is 510 g/mol. The van der Waals surface area contributed by atoms with Crippen molar-refractivity contribution in [3.8, 4) is 0 Å². The lowest BCUT2D eigenvalue weighted by Gasteiger charge is -2.37. The van der Waals surface area contributed by atoms with Crippen molar-refractivity contribution in [1.82, 2.24) is 0 Å². The lowest BCUT2D eigenvalue weighted by molar-refractivity contribution is -0.120. The summed E-state index contributed by atoms with van der Waals surface area (Å²) >= 11 is 10.1. The number of carbonyl (C=O) groups excluding carboxylic acids is 1. The zero-order valence-electron chi connectivity index (χ0n) is 18.0. The number of hydrogen-bond donors (Lipinski definition) is 1. The van der Waals surface area contributed by atoms with Gasteiger partial charge in [0, 0.05) is 20.7 Å². The Balaban J connectivity index is 1.71. The fourth-order valence-electron chi connectivity index (χ4n) is 5.09. The van der Waals surface area contributed by atoms with Crippen molar-refractivity contribution in [3.05, 3.63) is 129 Å². The molecule has 0 aromatic heterocycles. The Kier molecular flexibility index (Phi) is 5.05. The van der Waals surface area contributed by atoms with Crippen molar-refractivity contribution in [1.29, 1.82) is 0 Å². The zero-order valence-corrected chi connectivity index (χ0v) is 20.3. The number of halogens is 2. The highest BCUT2D eigenvalue weighted by Crippen LogP contribution is 2.56. The normalized spacial score (nSPS) is 20.9. The molecule has 1 N–H and O–H groups in total. The Hall–Kier alpha value is -3.41. The molecule has 0 aliphatic carbocycles. The number of rotatable bonds is 3. The van der Waals surface area contributed by atoms with Crippen LogP contribution in [0.5, 0.6) is 0 Å². The van der Waals surface area contributed by atoms with Crippen LogP contribution in [0.1, 0.15) is 22.6 Å². The molecule has 4 aromatic rings. The molecule has 0 saturated carbocycles. The van der Waals surface area contributed by atoms with E-state index in [1.54, 1.807) is 0 Å². The van der Waals surface area contributed by atoms with Crippen LogP contribution in [-0.4, -0.2) is 11.6 Å². The van der Waals surface area contributed by atoms with Crippen LogP contribution in [0.2, 0.25) is 5.02 Å². The van der Waals surface area contributed by atoms with Crippen LogP contribution < -0.4 is 10.3 Å². The lowest BCUT2D eigenvalue weighted by atomic mass is 9.72. The van der Waals surface area contributed by atoms with Crippen LogP contribution >= 0.6 is 27.5 Å². The first-order valence-corrected chi connectivity index (χ1v) is 12.1. The van der Waals surface area contributed by atoms with Crippen molar-refractivity contribution in [3.63, 3.8) is 0 Å². The molecule has 1 spiro atoms. The first-order chi connectivity index (χ1) is 16.6. The third-order valence-electron chi connectivity index (χ3n) is 6.47. The van der Waals surface area contributed by atoms with Crippen LogP contribution in [0.3, 0.4) is 0 Å². The Morgan fingerprint density at radius 2 is 1.62 bits per heavy atom. The molecule has 4 aromatic carbocycles. The van der Waals surface area contributed by atoms with E-state index in [4.69, 9.17) is 16.7 Å². The van der Waals surface area contributed by atoms with E-state index in [-0.39, 0.29) is 5.91 Å². The summed E-state index contributed by atoms with van der Waals surface area (Å²) in [6, 6.07) is 33.5. The summed E-state index contributed by atoms with van der Waals surface area (Å²) in [5.41, 5.74) is 4.06. The number of nitrogens with one attached hydrogen (secondary N) is 1. The molecule has 0 fully saturated rings. The average molecular weight is 529 g/mol. The van der Waals surface area contributed by atoms with Crippen molar-refractivity contribution in [2.24, 2.45) is 5.10 Å². The fourth-order valence-corrected chi connectivity index (χ4v) is 5.65. The van der Waals surface area contributed by atoms with E-state index < -0.39 is 11.5 Å². The molecule has 6 rings (SSSR count). The minimum absolute atomic E-state index is 0.121. The molecule has 2 atom stereocenters. The molecule has 1 amide bonds. The van der Waals surface area contributed by atoms with Gasteiger partial charge in [0.2, 0.25) is 0 Å². The van der Waals surface area contributed by atoms with E-state index in [9.17, 15) is 4.79 Å². The fraction of sp³-hybridized carbons (Fsp3) is 0.0714. The molecule has 2 heterocycles. The summed E-state index contributed by atoms with van der Waals surface area (Å²) in [7, 11) is 0. The number of hydrazone groups is 1. The smallest absolute Gasteiger partial charge is 0.258 e. The Labute approximate surface area is 211 Å². The Morgan fingerprint density at radius 3 is 2.35 bits per heavy atom. The second-order valence-corrected chi connectivity index (χ2v) is 9.75. The number of nitrogens with zero attached hydrogens (tertiary/aromatic N) is 2. The number of fused-ring (bicyclic) bond motifs is 2. The van der Waals surface area contributed by atoms with E-state index in [1.807, 2.05) is 108 Å². The predicted molar refractivity (Wildman–Crippen MR) is 141 cm³/mol. The maximum Gasteiger partial charge on any atom is 0.258 e. The van der Waals surface area contributed by atoms with Crippen molar-refractivity contribution < 1.29 is 4.79 Å². The number of hydrogen-bond acceptors (Lipinski definition) is 3. The number of anilines is 2. The van der Waals surface area contributed by atoms with E-state index in [1.165, 1.54) is 0 Å². The molecule has 6 heteroatoms. The van der Waals surface area contributed by atoms with Crippen LogP contribution in [0.4, 0.5) is 11.4 Å². The molecule has 34 heavy (non-hydrogen) atoms. The Morgan fingerprint density at radius 1 is 0.882 bits per heavy atom. The second kappa shape index (κ2) is 8.12. The quantitative estimate of drug-likeness (QED) is 0.312. The summed E-state index contributed by atoms with van der Waals surface area (Å²) in [5.74, 6) is -0.520. The zero-order chi connectivity index (χ0) is 23.3. The molecule has 4 nitrogen and oxygen atoms in total. The highest BCUT2D eigenvalue weighted by atomic mass is 79.9. The maximum atomic E-state index is 14.1. The molecule has 0 unspecified atom stereocenters. The van der Waals surface area contributed by atoms with Crippen molar-refractivity contribution >= 4 is 50.5 Å². The van der Waals surface area contributed by atoms with Gasteiger partial charge >= 0.3 is 0 Å². The summed E-state index contributed by atoms with van der Waals surface area (Å²) in [4.78, 5) is 14.1. The molecular formula is C28H19BrClN3O. The van der Waals surface area contributed by atoms with Crippen LogP contribution in [-0.2, 0) is 10.3 Å². The van der Waals surface area contributed by atoms with Gasteiger partial charge < -0.3 is 5.32 Å². The third kappa shape index (κ3) is 3.11. The van der Waals surface area contributed by atoms with E-state index in [2.05, 4.69) is 21.2 Å². The molecule has 0 saturated heterocycles. The van der Waals surface area contributed by atoms with E-state index in [0.29, 0.717) is 5.02 Å². The summed E-state index contributed by atoms with van der Waals surface area (Å²) in [5, 5.41) is 10.8. The molecule has 0 radical (unpaired) electrons. The average Bonchev–Trinajstić information content (AvgIpc) is 3.36. The van der Waals surface area contributed by atoms with Gasteiger partial charge in [-0.2, -0.15) is 5.10 Å². The third-order valence-corrected chi connectivity index (χ3v) is 7.20. The number of benzene rings is 4. The minimum Gasteiger partial charge on any atom is -0.323 e. The molecule has 166 valence electrons. The van der Waals surface area contributed by atoms with Crippen LogP contribution in [0, 0.1) is 0 Å². The van der Waals surface area contributed by atoms with Gasteiger partial charge in [0.15, 0.2) is 5.54 Å². The first kappa shape index (κ1) is 21.1. The first-order valence-electron chi connectivity index (χ1n) is 10.9. The van der Waals surface area contributed by atoms with Crippen LogP contribution in [0.15, 0.2) is 113 Å². The SMILES string of the molecule is O=C1Nc2ccc(Br)cc2[C@]12[C@@H](c1cccc(Cl)c1)C(c1ccccc1)=NN2c1ccccc1. The Bertz CT molecular complexity index is 1440. The van der Waals surface area contributed by atoms with Crippen LogP contribution in [0.25, 0.3) is 0 Å². The molecule has 0 bridgehead atoms. The molecule has 2 aliphatic heterocycles. The highest BCUT2D eigenvalue weighted by Gasteiger charge is 2.62. The maximum absolute atomic E-state index is 14.1. The van der Waals surface area contributed by atoms with Gasteiger partial charge in [0.25, 0.3) is 5.91 Å². The van der Waals surface area contributed by atoms with Gasteiger partial charge in [-0.1, -0.05) is 88.2 Å². The summed E-state index contributed by atoms with van der Waals surface area (Å²) < 4.78 is 0.896. The molecule has 2 aliphatic rings.